The van der Waals surface area contributed by atoms with Crippen LogP contribution in [0.2, 0.25) is 0 Å². The maximum Gasteiger partial charge on any atom is 0.224 e. The molecule has 25 heavy (non-hydrogen) atoms. The molecule has 0 heterocycles. The highest BCUT2D eigenvalue weighted by molar-refractivity contribution is 5.79. The van der Waals surface area contributed by atoms with Crippen LogP contribution >= 0.6 is 0 Å². The van der Waals surface area contributed by atoms with Gasteiger partial charge in [0.1, 0.15) is 0 Å². The summed E-state index contributed by atoms with van der Waals surface area (Å²) in [6, 6.07) is 13.7. The Hall–Kier alpha value is -2.49. The lowest BCUT2D eigenvalue weighted by atomic mass is 10.1. The highest BCUT2D eigenvalue weighted by atomic mass is 16.5. The SMILES string of the molecule is CCOc1ccc([C@H](C)NC(=O)Cc2ccc(C)cc2)cc1OCC. The second-order valence-electron chi connectivity index (χ2n) is 6.02. The predicted octanol–water partition coefficient (Wildman–Crippen LogP) is 4.21. The van der Waals surface area contributed by atoms with E-state index in [1.165, 1.54) is 5.56 Å². The zero-order valence-electron chi connectivity index (χ0n) is 15.5. The fourth-order valence-electron chi connectivity index (χ4n) is 2.60. The molecule has 0 aromatic heterocycles. The van der Waals surface area contributed by atoms with Gasteiger partial charge in [-0.05, 0) is 51.0 Å². The number of nitrogens with one attached hydrogen (secondary N) is 1. The molecular formula is C21H27NO3. The van der Waals surface area contributed by atoms with Gasteiger partial charge in [-0.3, -0.25) is 4.79 Å². The third-order valence-electron chi connectivity index (χ3n) is 3.93. The van der Waals surface area contributed by atoms with E-state index >= 15 is 0 Å². The minimum Gasteiger partial charge on any atom is -0.490 e. The van der Waals surface area contributed by atoms with Gasteiger partial charge in [0, 0.05) is 0 Å². The standard InChI is InChI=1S/C21H27NO3/c1-5-24-19-12-11-18(14-20(19)25-6-2)16(4)22-21(23)13-17-9-7-15(3)8-10-17/h7-12,14,16H,5-6,13H2,1-4H3,(H,22,23)/t16-/m0/s1. The largest absolute Gasteiger partial charge is 0.490 e. The summed E-state index contributed by atoms with van der Waals surface area (Å²) in [5.41, 5.74) is 3.19. The predicted molar refractivity (Wildman–Crippen MR) is 100 cm³/mol. The van der Waals surface area contributed by atoms with E-state index in [0.717, 1.165) is 16.9 Å². The average Bonchev–Trinajstić information content (AvgIpc) is 2.59. The van der Waals surface area contributed by atoms with Crippen molar-refractivity contribution in [2.24, 2.45) is 0 Å². The Morgan fingerprint density at radius 3 is 2.28 bits per heavy atom. The molecule has 2 rings (SSSR count). The molecule has 0 aliphatic rings. The van der Waals surface area contributed by atoms with Gasteiger partial charge in [-0.1, -0.05) is 35.9 Å². The number of carbonyl (C=O) groups is 1. The van der Waals surface area contributed by atoms with Crippen molar-refractivity contribution in [2.45, 2.75) is 40.2 Å². The van der Waals surface area contributed by atoms with Crippen LogP contribution in [0.1, 0.15) is 43.5 Å². The van der Waals surface area contributed by atoms with Crippen LogP contribution in [0.3, 0.4) is 0 Å². The maximum atomic E-state index is 12.3. The summed E-state index contributed by atoms with van der Waals surface area (Å²) in [7, 11) is 0. The summed E-state index contributed by atoms with van der Waals surface area (Å²) in [4.78, 5) is 12.3. The minimum atomic E-state index is -0.104. The van der Waals surface area contributed by atoms with Gasteiger partial charge in [-0.2, -0.15) is 0 Å². The van der Waals surface area contributed by atoms with Gasteiger partial charge in [-0.25, -0.2) is 0 Å². The van der Waals surface area contributed by atoms with Crippen molar-refractivity contribution in [3.63, 3.8) is 0 Å². The summed E-state index contributed by atoms with van der Waals surface area (Å²) >= 11 is 0. The first-order valence-electron chi connectivity index (χ1n) is 8.78. The topological polar surface area (TPSA) is 47.6 Å². The van der Waals surface area contributed by atoms with Crippen LogP contribution in [0.4, 0.5) is 0 Å². The number of carbonyl (C=O) groups excluding carboxylic acids is 1. The molecule has 0 spiro atoms. The normalized spacial score (nSPS) is 11.7. The molecule has 0 radical (unpaired) electrons. The van der Waals surface area contributed by atoms with Gasteiger partial charge in [0.15, 0.2) is 11.5 Å². The minimum absolute atomic E-state index is 0.00296. The van der Waals surface area contributed by atoms with Crippen LogP contribution in [0.25, 0.3) is 0 Å². The summed E-state index contributed by atoms with van der Waals surface area (Å²) in [6.07, 6.45) is 0.375. The first kappa shape index (κ1) is 18.8. The number of hydrogen-bond acceptors (Lipinski definition) is 3. The summed E-state index contributed by atoms with van der Waals surface area (Å²) in [6.45, 7) is 9.04. The van der Waals surface area contributed by atoms with Crippen LogP contribution in [0.5, 0.6) is 11.5 Å². The van der Waals surface area contributed by atoms with E-state index in [2.05, 4.69) is 5.32 Å². The molecule has 0 saturated carbocycles. The van der Waals surface area contributed by atoms with Crippen molar-refractivity contribution in [3.8, 4) is 11.5 Å². The van der Waals surface area contributed by atoms with E-state index in [-0.39, 0.29) is 11.9 Å². The van der Waals surface area contributed by atoms with Crippen molar-refractivity contribution >= 4 is 5.91 Å². The monoisotopic (exact) mass is 341 g/mol. The lowest BCUT2D eigenvalue weighted by Crippen LogP contribution is -2.28. The molecule has 0 aliphatic heterocycles. The van der Waals surface area contributed by atoms with Crippen LogP contribution < -0.4 is 14.8 Å². The van der Waals surface area contributed by atoms with Gasteiger partial charge in [0.2, 0.25) is 5.91 Å². The Morgan fingerprint density at radius 1 is 1.00 bits per heavy atom. The number of ether oxygens (including phenoxy) is 2. The third kappa shape index (κ3) is 5.52. The maximum absolute atomic E-state index is 12.3. The van der Waals surface area contributed by atoms with Gasteiger partial charge in [0.05, 0.1) is 25.7 Å². The number of hydrogen-bond donors (Lipinski definition) is 1. The molecule has 2 aromatic rings. The fraction of sp³-hybridized carbons (Fsp3) is 0.381. The molecule has 4 heteroatoms. The van der Waals surface area contributed by atoms with Gasteiger partial charge in [0.25, 0.3) is 0 Å². The van der Waals surface area contributed by atoms with Crippen LogP contribution in [0, 0.1) is 6.92 Å². The third-order valence-corrected chi connectivity index (χ3v) is 3.93. The Morgan fingerprint density at radius 2 is 1.64 bits per heavy atom. The Balaban J connectivity index is 2.03. The average molecular weight is 341 g/mol. The van der Waals surface area contributed by atoms with Gasteiger partial charge in [-0.15, -0.1) is 0 Å². The Bertz CT molecular complexity index is 695. The molecule has 1 N–H and O–H groups in total. The number of rotatable bonds is 8. The van der Waals surface area contributed by atoms with Crippen LogP contribution in [-0.4, -0.2) is 19.1 Å². The molecule has 0 aliphatic carbocycles. The summed E-state index contributed by atoms with van der Waals surface area (Å²) in [5.74, 6) is 1.44. The van der Waals surface area contributed by atoms with E-state index in [0.29, 0.717) is 25.4 Å². The zero-order valence-corrected chi connectivity index (χ0v) is 15.5. The van der Waals surface area contributed by atoms with Gasteiger partial charge < -0.3 is 14.8 Å². The molecule has 4 nitrogen and oxygen atoms in total. The molecule has 2 aromatic carbocycles. The Kier molecular flexibility index (Phi) is 6.87. The van der Waals surface area contributed by atoms with Crippen molar-refractivity contribution in [2.75, 3.05) is 13.2 Å². The first-order chi connectivity index (χ1) is 12.0. The highest BCUT2D eigenvalue weighted by Crippen LogP contribution is 2.30. The number of aryl methyl sites for hydroxylation is 1. The molecule has 1 amide bonds. The molecule has 0 unspecified atom stereocenters. The fourth-order valence-corrected chi connectivity index (χ4v) is 2.60. The zero-order chi connectivity index (χ0) is 18.2. The molecule has 0 bridgehead atoms. The second kappa shape index (κ2) is 9.11. The van der Waals surface area contributed by atoms with Crippen molar-refractivity contribution in [3.05, 3.63) is 59.2 Å². The smallest absolute Gasteiger partial charge is 0.224 e. The molecular weight excluding hydrogens is 314 g/mol. The van der Waals surface area contributed by atoms with E-state index in [4.69, 9.17) is 9.47 Å². The molecule has 134 valence electrons. The molecule has 0 fully saturated rings. The van der Waals surface area contributed by atoms with Crippen molar-refractivity contribution in [1.29, 1.82) is 0 Å². The molecule has 0 saturated heterocycles. The van der Waals surface area contributed by atoms with E-state index in [1.807, 2.05) is 70.2 Å². The van der Waals surface area contributed by atoms with E-state index < -0.39 is 0 Å². The number of benzene rings is 2. The van der Waals surface area contributed by atoms with Crippen LogP contribution in [-0.2, 0) is 11.2 Å². The van der Waals surface area contributed by atoms with Crippen LogP contribution in [0.15, 0.2) is 42.5 Å². The first-order valence-corrected chi connectivity index (χ1v) is 8.78. The highest BCUT2D eigenvalue weighted by Gasteiger charge is 2.13. The molecule has 1 atom stereocenters. The summed E-state index contributed by atoms with van der Waals surface area (Å²) in [5, 5.41) is 3.04. The number of amides is 1. The summed E-state index contributed by atoms with van der Waals surface area (Å²) < 4.78 is 11.2. The van der Waals surface area contributed by atoms with E-state index in [1.54, 1.807) is 0 Å². The van der Waals surface area contributed by atoms with Gasteiger partial charge >= 0.3 is 0 Å². The lowest BCUT2D eigenvalue weighted by Gasteiger charge is -2.17. The van der Waals surface area contributed by atoms with Crippen molar-refractivity contribution in [1.82, 2.24) is 5.32 Å². The second-order valence-corrected chi connectivity index (χ2v) is 6.02. The Labute approximate surface area is 150 Å². The van der Waals surface area contributed by atoms with E-state index in [9.17, 15) is 4.79 Å². The lowest BCUT2D eigenvalue weighted by molar-refractivity contribution is -0.121. The van der Waals surface area contributed by atoms with Crippen molar-refractivity contribution < 1.29 is 14.3 Å². The quantitative estimate of drug-likeness (QED) is 0.782.